The first-order chi connectivity index (χ1) is 18.2. The second-order valence-electron chi connectivity index (χ2n) is 12.0. The van der Waals surface area contributed by atoms with Gasteiger partial charge in [0, 0.05) is 23.5 Å². The molecule has 216 valence electrons. The molecule has 1 aliphatic carbocycles. The highest BCUT2D eigenvalue weighted by molar-refractivity contribution is 7.89. The lowest BCUT2D eigenvalue weighted by atomic mass is 9.88. The van der Waals surface area contributed by atoms with Crippen LogP contribution in [0.5, 0.6) is 0 Å². The number of likely N-dealkylation sites (tertiary alicyclic amines) is 1. The van der Waals surface area contributed by atoms with Gasteiger partial charge in [-0.3, -0.25) is 9.69 Å². The molecular weight excluding hydrogens is 550 g/mol. The zero-order valence-corrected chi connectivity index (χ0v) is 23.9. The van der Waals surface area contributed by atoms with E-state index in [1.54, 1.807) is 30.6 Å². The molecule has 3 unspecified atom stereocenters. The highest BCUT2D eigenvalue weighted by atomic mass is 35.5. The Morgan fingerprint density at radius 2 is 1.69 bits per heavy atom. The molecule has 2 bridgehead atoms. The molecule has 39 heavy (non-hydrogen) atoms. The maximum absolute atomic E-state index is 13.7. The van der Waals surface area contributed by atoms with E-state index in [0.717, 1.165) is 17.1 Å². The Kier molecular flexibility index (Phi) is 7.43. The number of hydrogen-bond donors (Lipinski definition) is 2. The Balaban J connectivity index is 1.34. The van der Waals surface area contributed by atoms with Crippen LogP contribution in [0.25, 0.3) is 0 Å². The summed E-state index contributed by atoms with van der Waals surface area (Å²) in [7, 11) is -4.19. The summed E-state index contributed by atoms with van der Waals surface area (Å²) >= 11 is 5.94. The van der Waals surface area contributed by atoms with E-state index in [-0.39, 0.29) is 43.3 Å². The molecular formula is C26H36ClN3O8S. The average Bonchev–Trinajstić information content (AvgIpc) is 3.62. The molecule has 11 nitrogen and oxygen atoms in total. The lowest BCUT2D eigenvalue weighted by Gasteiger charge is -2.45. The van der Waals surface area contributed by atoms with Gasteiger partial charge < -0.3 is 24.6 Å². The normalized spacial score (nSPS) is 29.7. The summed E-state index contributed by atoms with van der Waals surface area (Å²) in [5, 5.41) is 22.6. The molecule has 5 rings (SSSR count). The molecule has 3 heterocycles. The van der Waals surface area contributed by atoms with E-state index in [0.29, 0.717) is 17.9 Å². The fourth-order valence-corrected chi connectivity index (χ4v) is 8.00. The van der Waals surface area contributed by atoms with Gasteiger partial charge in [-0.1, -0.05) is 11.6 Å². The first kappa shape index (κ1) is 28.6. The fraction of sp³-hybridized carbons (Fsp3) is 0.692. The summed E-state index contributed by atoms with van der Waals surface area (Å²) in [6, 6.07) is 4.24. The average molecular weight is 586 g/mol. The van der Waals surface area contributed by atoms with Crippen molar-refractivity contribution in [2.24, 2.45) is 5.41 Å². The van der Waals surface area contributed by atoms with Gasteiger partial charge in [0.15, 0.2) is 0 Å². The van der Waals surface area contributed by atoms with E-state index >= 15 is 0 Å². The van der Waals surface area contributed by atoms with Crippen molar-refractivity contribution in [2.45, 2.75) is 87.4 Å². The summed E-state index contributed by atoms with van der Waals surface area (Å²) in [6.07, 6.45) is -1.12. The number of nitrogens with zero attached hydrogens (tertiary/aromatic N) is 3. The van der Waals surface area contributed by atoms with Crippen molar-refractivity contribution in [3.63, 3.8) is 0 Å². The molecule has 0 spiro atoms. The molecule has 1 aromatic carbocycles. The third kappa shape index (κ3) is 5.27. The standard InChI is InChI=1S/C26H36ClN3O8S/c1-25(2,3)38-24(34)29-17-6-7-18(29)13-28(12-17)23(33)22(32)26(10-11-26)20-14-37-15-21(31)30(20)39(35,36)19-8-4-16(27)5-9-19/h4-5,8-9,17-18,20-22,31-32H,6-7,10-15H2,1-3H3/t17?,18?,20-,21-,22?/m1/s1. The van der Waals surface area contributed by atoms with Crippen LogP contribution in [-0.4, -0.2) is 107 Å². The number of fused-ring (bicyclic) bond motifs is 2. The summed E-state index contributed by atoms with van der Waals surface area (Å²) < 4.78 is 39.3. The van der Waals surface area contributed by atoms with Crippen molar-refractivity contribution in [3.05, 3.63) is 29.3 Å². The van der Waals surface area contributed by atoms with Gasteiger partial charge in [0.1, 0.15) is 17.9 Å². The largest absolute Gasteiger partial charge is 0.444 e. The van der Waals surface area contributed by atoms with Crippen molar-refractivity contribution >= 4 is 33.6 Å². The van der Waals surface area contributed by atoms with Gasteiger partial charge in [0.2, 0.25) is 10.0 Å². The van der Waals surface area contributed by atoms with Crippen LogP contribution in [0.2, 0.25) is 5.02 Å². The topological polar surface area (TPSA) is 137 Å². The van der Waals surface area contributed by atoms with Crippen molar-refractivity contribution in [1.82, 2.24) is 14.1 Å². The molecule has 3 saturated heterocycles. The second kappa shape index (κ2) is 10.1. The minimum absolute atomic E-state index is 0.0516. The zero-order valence-electron chi connectivity index (χ0n) is 22.3. The molecule has 3 aliphatic heterocycles. The molecule has 1 aromatic rings. The van der Waals surface area contributed by atoms with Crippen molar-refractivity contribution in [3.8, 4) is 0 Å². The Bertz CT molecular complexity index is 1200. The zero-order chi connectivity index (χ0) is 28.3. The number of halogens is 1. The fourth-order valence-electron chi connectivity index (χ4n) is 6.16. The lowest BCUT2D eigenvalue weighted by Crippen LogP contribution is -2.63. The van der Waals surface area contributed by atoms with Gasteiger partial charge in [-0.05, 0) is 70.7 Å². The van der Waals surface area contributed by atoms with Gasteiger partial charge >= 0.3 is 6.09 Å². The highest BCUT2D eigenvalue weighted by Crippen LogP contribution is 2.55. The number of sulfonamides is 1. The highest BCUT2D eigenvalue weighted by Gasteiger charge is 2.63. The number of aliphatic hydroxyl groups excluding tert-OH is 2. The molecule has 2 amide bonds. The molecule has 0 radical (unpaired) electrons. The molecule has 0 aromatic heterocycles. The van der Waals surface area contributed by atoms with E-state index in [1.807, 2.05) is 0 Å². The number of aliphatic hydroxyl groups is 2. The van der Waals surface area contributed by atoms with Gasteiger partial charge in [0.25, 0.3) is 5.91 Å². The first-order valence-electron chi connectivity index (χ1n) is 13.3. The third-order valence-corrected chi connectivity index (χ3v) is 10.4. The monoisotopic (exact) mass is 585 g/mol. The maximum Gasteiger partial charge on any atom is 0.410 e. The number of piperazine rings is 1. The summed E-state index contributed by atoms with van der Waals surface area (Å²) in [5.41, 5.74) is -1.73. The van der Waals surface area contributed by atoms with Gasteiger partial charge in [-0.2, -0.15) is 4.31 Å². The van der Waals surface area contributed by atoms with Crippen LogP contribution in [-0.2, 0) is 24.3 Å². The summed E-state index contributed by atoms with van der Waals surface area (Å²) in [4.78, 5) is 29.7. The number of carbonyl (C=O) groups is 2. The number of ether oxygens (including phenoxy) is 2. The summed E-state index contributed by atoms with van der Waals surface area (Å²) in [5.74, 6) is -0.503. The molecule has 1 saturated carbocycles. The van der Waals surface area contributed by atoms with Crippen LogP contribution in [0.15, 0.2) is 29.2 Å². The van der Waals surface area contributed by atoms with Crippen molar-refractivity contribution < 1.29 is 37.7 Å². The number of hydrogen-bond acceptors (Lipinski definition) is 8. The number of carbonyl (C=O) groups excluding carboxylic acids is 2. The Labute approximate surface area is 233 Å². The lowest BCUT2D eigenvalue weighted by molar-refractivity contribution is -0.157. The van der Waals surface area contributed by atoms with Crippen LogP contribution < -0.4 is 0 Å². The van der Waals surface area contributed by atoms with E-state index in [1.165, 1.54) is 24.3 Å². The molecule has 4 aliphatic rings. The van der Waals surface area contributed by atoms with Crippen LogP contribution in [0.4, 0.5) is 4.79 Å². The molecule has 4 fully saturated rings. The Hall–Kier alpha value is -1.96. The predicted molar refractivity (Wildman–Crippen MR) is 140 cm³/mol. The van der Waals surface area contributed by atoms with E-state index in [9.17, 15) is 28.2 Å². The number of rotatable bonds is 5. The number of morpholine rings is 1. The van der Waals surface area contributed by atoms with Crippen LogP contribution in [0.3, 0.4) is 0 Å². The Morgan fingerprint density at radius 1 is 1.10 bits per heavy atom. The van der Waals surface area contributed by atoms with E-state index < -0.39 is 51.4 Å². The quantitative estimate of drug-likeness (QED) is 0.534. The van der Waals surface area contributed by atoms with Gasteiger partial charge in [-0.25, -0.2) is 13.2 Å². The Morgan fingerprint density at radius 3 is 2.23 bits per heavy atom. The van der Waals surface area contributed by atoms with Crippen LogP contribution >= 0.6 is 11.6 Å². The smallest absolute Gasteiger partial charge is 0.410 e. The minimum Gasteiger partial charge on any atom is -0.444 e. The third-order valence-electron chi connectivity index (χ3n) is 8.20. The molecule has 2 N–H and O–H groups in total. The van der Waals surface area contributed by atoms with Crippen LogP contribution in [0, 0.1) is 5.41 Å². The van der Waals surface area contributed by atoms with E-state index in [2.05, 4.69) is 0 Å². The van der Waals surface area contributed by atoms with Gasteiger partial charge in [0.05, 0.1) is 36.2 Å². The maximum atomic E-state index is 13.7. The van der Waals surface area contributed by atoms with Gasteiger partial charge in [-0.15, -0.1) is 0 Å². The molecule has 5 atom stereocenters. The predicted octanol–water partition coefficient (Wildman–Crippen LogP) is 1.80. The number of benzene rings is 1. The van der Waals surface area contributed by atoms with Crippen LogP contribution in [0.1, 0.15) is 46.5 Å². The van der Waals surface area contributed by atoms with E-state index in [4.69, 9.17) is 21.1 Å². The van der Waals surface area contributed by atoms with Crippen molar-refractivity contribution in [2.75, 3.05) is 26.3 Å². The summed E-state index contributed by atoms with van der Waals surface area (Å²) in [6.45, 7) is 5.66. The molecule has 13 heteroatoms. The second-order valence-corrected chi connectivity index (χ2v) is 14.3. The SMILES string of the molecule is CC(C)(C)OC(=O)N1C2CCC1CN(C(=O)C(O)C1([C@H]3COC[C@@H](O)N3S(=O)(=O)c3ccc(Cl)cc3)CC1)C2. The van der Waals surface area contributed by atoms with Crippen molar-refractivity contribution in [1.29, 1.82) is 0 Å². The minimum atomic E-state index is -4.19. The first-order valence-corrected chi connectivity index (χ1v) is 15.1. The number of amides is 2.